The van der Waals surface area contributed by atoms with E-state index in [0.717, 1.165) is 32.1 Å². The molecule has 0 spiro atoms. The molecular weight excluding hydrogens is 402 g/mol. The molecule has 0 fully saturated rings. The summed E-state index contributed by atoms with van der Waals surface area (Å²) in [6, 6.07) is 0. The van der Waals surface area contributed by atoms with Gasteiger partial charge in [-0.3, -0.25) is 4.79 Å². The third kappa shape index (κ3) is 25.0. The summed E-state index contributed by atoms with van der Waals surface area (Å²) in [5, 5.41) is 2.75. The first-order valence-electron chi connectivity index (χ1n) is 13.4. The Labute approximate surface area is 198 Å². The Bertz CT molecular complexity index is 445. The highest BCUT2D eigenvalue weighted by Gasteiger charge is 2.13. The van der Waals surface area contributed by atoms with Crippen LogP contribution < -0.4 is 5.32 Å². The van der Waals surface area contributed by atoms with Crippen LogP contribution in [0, 0.1) is 5.41 Å². The molecule has 0 radical (unpaired) electrons. The predicted molar refractivity (Wildman–Crippen MR) is 134 cm³/mol. The third-order valence-electron chi connectivity index (χ3n) is 5.47. The lowest BCUT2D eigenvalue weighted by molar-refractivity contribution is -0.143. The normalized spacial score (nSPS) is 11.4. The first-order chi connectivity index (χ1) is 15.3. The van der Waals surface area contributed by atoms with Gasteiger partial charge >= 0.3 is 12.1 Å². The third-order valence-corrected chi connectivity index (χ3v) is 5.47. The molecule has 1 N–H and O–H groups in total. The smallest absolute Gasteiger partial charge is 0.407 e. The summed E-state index contributed by atoms with van der Waals surface area (Å²) in [5.41, 5.74) is -0.0232. The summed E-state index contributed by atoms with van der Waals surface area (Å²) in [5.74, 6) is -0.0958. The Balaban J connectivity index is 3.28. The number of amides is 1. The van der Waals surface area contributed by atoms with Gasteiger partial charge in [0.2, 0.25) is 0 Å². The summed E-state index contributed by atoms with van der Waals surface area (Å²) in [6.07, 6.45) is 19.8. The van der Waals surface area contributed by atoms with Crippen molar-refractivity contribution in [1.82, 2.24) is 5.32 Å². The van der Waals surface area contributed by atoms with Gasteiger partial charge in [0, 0.05) is 13.0 Å². The number of unbranched alkanes of at least 4 members (excludes halogenated alkanes) is 14. The van der Waals surface area contributed by atoms with E-state index >= 15 is 0 Å². The second-order valence-corrected chi connectivity index (χ2v) is 10.3. The first-order valence-corrected chi connectivity index (χ1v) is 13.4. The molecule has 5 nitrogen and oxygen atoms in total. The molecule has 0 bridgehead atoms. The molecule has 0 aromatic carbocycles. The molecule has 190 valence electrons. The van der Waals surface area contributed by atoms with Crippen LogP contribution in [0.5, 0.6) is 0 Å². The average Bonchev–Trinajstić information content (AvgIpc) is 2.74. The van der Waals surface area contributed by atoms with Crippen LogP contribution in [0.25, 0.3) is 0 Å². The van der Waals surface area contributed by atoms with Gasteiger partial charge in [-0.15, -0.1) is 0 Å². The molecule has 0 saturated carbocycles. The van der Waals surface area contributed by atoms with Gasteiger partial charge in [0.05, 0.1) is 13.2 Å². The topological polar surface area (TPSA) is 64.6 Å². The molecule has 0 unspecified atom stereocenters. The lowest BCUT2D eigenvalue weighted by atomic mass is 9.99. The first kappa shape index (κ1) is 30.7. The molecule has 0 aromatic rings. The van der Waals surface area contributed by atoms with Crippen LogP contribution in [0.2, 0.25) is 0 Å². The predicted octanol–water partition coefficient (Wildman–Crippen LogP) is 7.95. The molecule has 0 rings (SSSR count). The van der Waals surface area contributed by atoms with Crippen LogP contribution in [0.4, 0.5) is 4.79 Å². The SMILES string of the molecule is CCCCCCCCCCCCCCCOC(=O)CCCCCNC(=O)OCC(C)(C)C. The molecule has 0 aliphatic rings. The highest BCUT2D eigenvalue weighted by molar-refractivity contribution is 5.69. The molecule has 0 heterocycles. The fourth-order valence-electron chi connectivity index (χ4n) is 3.47. The van der Waals surface area contributed by atoms with Crippen molar-refractivity contribution in [1.29, 1.82) is 0 Å². The lowest BCUT2D eigenvalue weighted by Crippen LogP contribution is -2.28. The number of carbonyl (C=O) groups excluding carboxylic acids is 2. The fraction of sp³-hybridized carbons (Fsp3) is 0.926. The van der Waals surface area contributed by atoms with Crippen LogP contribution in [-0.4, -0.2) is 31.8 Å². The van der Waals surface area contributed by atoms with Gasteiger partial charge in [-0.2, -0.15) is 0 Å². The van der Waals surface area contributed by atoms with Gasteiger partial charge < -0.3 is 14.8 Å². The molecule has 5 heteroatoms. The fourth-order valence-corrected chi connectivity index (χ4v) is 3.47. The summed E-state index contributed by atoms with van der Waals surface area (Å²) < 4.78 is 10.5. The van der Waals surface area contributed by atoms with E-state index in [9.17, 15) is 9.59 Å². The van der Waals surface area contributed by atoms with E-state index < -0.39 is 0 Å². The molecule has 0 aliphatic carbocycles. The summed E-state index contributed by atoms with van der Waals surface area (Å²) in [4.78, 5) is 23.3. The molecule has 0 aromatic heterocycles. The van der Waals surface area contributed by atoms with Crippen molar-refractivity contribution >= 4 is 12.1 Å². The minimum Gasteiger partial charge on any atom is -0.466 e. The highest BCUT2D eigenvalue weighted by Crippen LogP contribution is 2.13. The van der Waals surface area contributed by atoms with Crippen molar-refractivity contribution in [2.24, 2.45) is 5.41 Å². The number of ether oxygens (including phenoxy) is 2. The second kappa shape index (κ2) is 21.6. The minimum atomic E-state index is -0.364. The van der Waals surface area contributed by atoms with Gasteiger partial charge in [0.15, 0.2) is 0 Å². The Morgan fingerprint density at radius 2 is 1.16 bits per heavy atom. The van der Waals surface area contributed by atoms with Gasteiger partial charge in [-0.1, -0.05) is 111 Å². The van der Waals surface area contributed by atoms with E-state index in [1.165, 1.54) is 70.6 Å². The molecule has 0 aliphatic heterocycles. The maximum absolute atomic E-state index is 11.8. The Morgan fingerprint density at radius 3 is 1.69 bits per heavy atom. The van der Waals surface area contributed by atoms with Gasteiger partial charge in [-0.25, -0.2) is 4.79 Å². The minimum absolute atomic E-state index is 0.0232. The van der Waals surface area contributed by atoms with Crippen molar-refractivity contribution in [2.75, 3.05) is 19.8 Å². The maximum atomic E-state index is 11.8. The molecule has 1 amide bonds. The van der Waals surface area contributed by atoms with Crippen molar-refractivity contribution in [2.45, 2.75) is 137 Å². The number of hydrogen-bond donors (Lipinski definition) is 1. The largest absolute Gasteiger partial charge is 0.466 e. The zero-order valence-corrected chi connectivity index (χ0v) is 21.8. The van der Waals surface area contributed by atoms with Crippen molar-refractivity contribution < 1.29 is 19.1 Å². The zero-order valence-electron chi connectivity index (χ0n) is 21.8. The summed E-state index contributed by atoms with van der Waals surface area (Å²) in [7, 11) is 0. The Hall–Kier alpha value is -1.26. The van der Waals surface area contributed by atoms with E-state index in [2.05, 4.69) is 12.2 Å². The van der Waals surface area contributed by atoms with Crippen LogP contribution >= 0.6 is 0 Å². The van der Waals surface area contributed by atoms with Crippen LogP contribution in [0.3, 0.4) is 0 Å². The number of alkyl carbamates (subject to hydrolysis) is 1. The van der Waals surface area contributed by atoms with Crippen LogP contribution in [0.15, 0.2) is 0 Å². The molecule has 32 heavy (non-hydrogen) atoms. The number of carbonyl (C=O) groups is 2. The van der Waals surface area contributed by atoms with E-state index in [4.69, 9.17) is 9.47 Å². The van der Waals surface area contributed by atoms with E-state index in [1.54, 1.807) is 0 Å². The van der Waals surface area contributed by atoms with Crippen molar-refractivity contribution in [3.05, 3.63) is 0 Å². The zero-order chi connectivity index (χ0) is 23.9. The van der Waals surface area contributed by atoms with E-state index in [1.807, 2.05) is 20.8 Å². The van der Waals surface area contributed by atoms with Crippen LogP contribution in [-0.2, 0) is 14.3 Å². The van der Waals surface area contributed by atoms with Crippen molar-refractivity contribution in [3.63, 3.8) is 0 Å². The standard InChI is InChI=1S/C27H53NO4/c1-5-6-7-8-9-10-11-12-13-14-15-16-20-23-31-25(29)21-18-17-19-22-28-26(30)32-24-27(2,3)4/h5-24H2,1-4H3,(H,28,30). The second-order valence-electron chi connectivity index (χ2n) is 10.3. The van der Waals surface area contributed by atoms with Crippen molar-refractivity contribution in [3.8, 4) is 0 Å². The van der Waals surface area contributed by atoms with Gasteiger partial charge in [-0.05, 0) is 24.7 Å². The van der Waals surface area contributed by atoms with E-state index in [-0.39, 0.29) is 17.5 Å². The number of rotatable bonds is 21. The van der Waals surface area contributed by atoms with E-state index in [0.29, 0.717) is 26.2 Å². The average molecular weight is 456 g/mol. The maximum Gasteiger partial charge on any atom is 0.407 e. The monoisotopic (exact) mass is 455 g/mol. The molecule has 0 saturated heterocycles. The number of esters is 1. The molecule has 0 atom stereocenters. The molecular formula is C27H53NO4. The number of nitrogens with one attached hydrogen (secondary N) is 1. The van der Waals surface area contributed by atoms with Crippen LogP contribution in [0.1, 0.15) is 137 Å². The summed E-state index contributed by atoms with van der Waals surface area (Å²) in [6.45, 7) is 9.89. The van der Waals surface area contributed by atoms with Gasteiger partial charge in [0.1, 0.15) is 0 Å². The highest BCUT2D eigenvalue weighted by atomic mass is 16.5. The quantitative estimate of drug-likeness (QED) is 0.141. The Kier molecular flexibility index (Phi) is 20.7. The summed E-state index contributed by atoms with van der Waals surface area (Å²) >= 11 is 0. The number of hydrogen-bond acceptors (Lipinski definition) is 4. The lowest BCUT2D eigenvalue weighted by Gasteiger charge is -2.17. The Morgan fingerprint density at radius 1 is 0.656 bits per heavy atom. The van der Waals surface area contributed by atoms with Gasteiger partial charge in [0.25, 0.3) is 0 Å².